The molecule has 0 unspecified atom stereocenters. The second kappa shape index (κ2) is 5.38. The van der Waals surface area contributed by atoms with Crippen molar-refractivity contribution in [1.29, 1.82) is 0 Å². The monoisotopic (exact) mass is 179 g/mol. The minimum absolute atomic E-state index is 0.0411. The number of hydrogen-bond donors (Lipinski definition) is 0. The standard InChI is InChI=1S/C7H14ClNO2/c1-6(2)9(3)7(10)4-11-5-8/h6H,4-5H2,1-3H3. The number of ether oxygens (including phenoxy) is 1. The Kier molecular flexibility index (Phi) is 5.24. The van der Waals surface area contributed by atoms with E-state index >= 15 is 0 Å². The summed E-state index contributed by atoms with van der Waals surface area (Å²) >= 11 is 5.24. The van der Waals surface area contributed by atoms with Crippen LogP contribution in [0.5, 0.6) is 0 Å². The van der Waals surface area contributed by atoms with Crippen LogP contribution in [-0.2, 0) is 9.53 Å². The largest absolute Gasteiger partial charge is 0.356 e. The Morgan fingerprint density at radius 2 is 2.18 bits per heavy atom. The molecule has 0 aliphatic carbocycles. The van der Waals surface area contributed by atoms with Crippen molar-refractivity contribution in [3.05, 3.63) is 0 Å². The number of likely N-dealkylation sites (N-methyl/N-ethyl adjacent to an activating group) is 1. The molecule has 11 heavy (non-hydrogen) atoms. The van der Waals surface area contributed by atoms with E-state index in [-0.39, 0.29) is 24.6 Å². The minimum Gasteiger partial charge on any atom is -0.356 e. The number of alkyl halides is 1. The topological polar surface area (TPSA) is 29.5 Å². The molecule has 0 aromatic rings. The highest BCUT2D eigenvalue weighted by molar-refractivity contribution is 6.17. The Bertz CT molecular complexity index is 128. The Morgan fingerprint density at radius 3 is 2.55 bits per heavy atom. The van der Waals surface area contributed by atoms with Gasteiger partial charge in [0.2, 0.25) is 5.91 Å². The van der Waals surface area contributed by atoms with Gasteiger partial charge in [0.25, 0.3) is 0 Å². The zero-order valence-corrected chi connectivity index (χ0v) is 7.89. The highest BCUT2D eigenvalue weighted by Gasteiger charge is 2.10. The summed E-state index contributed by atoms with van der Waals surface area (Å²) in [6, 6.07) is 0.277. The number of carbonyl (C=O) groups excluding carboxylic acids is 1. The average molecular weight is 180 g/mol. The van der Waals surface area contributed by atoms with Crippen LogP contribution in [0, 0.1) is 0 Å². The van der Waals surface area contributed by atoms with Gasteiger partial charge in [0, 0.05) is 13.1 Å². The van der Waals surface area contributed by atoms with Gasteiger partial charge in [-0.3, -0.25) is 4.79 Å². The molecule has 4 heteroatoms. The lowest BCUT2D eigenvalue weighted by molar-refractivity contribution is -0.135. The SMILES string of the molecule is CC(C)N(C)C(=O)COCCl. The summed E-state index contributed by atoms with van der Waals surface area (Å²) in [6.07, 6.45) is 0. The van der Waals surface area contributed by atoms with Gasteiger partial charge < -0.3 is 9.64 Å². The van der Waals surface area contributed by atoms with Gasteiger partial charge in [-0.1, -0.05) is 11.6 Å². The zero-order chi connectivity index (χ0) is 8.85. The lowest BCUT2D eigenvalue weighted by Crippen LogP contribution is -2.35. The highest BCUT2D eigenvalue weighted by atomic mass is 35.5. The van der Waals surface area contributed by atoms with E-state index in [9.17, 15) is 4.79 Å². The van der Waals surface area contributed by atoms with Crippen LogP contribution in [0.1, 0.15) is 13.8 Å². The second-order valence-corrected chi connectivity index (χ2v) is 2.77. The number of halogens is 1. The first-order valence-electron chi connectivity index (χ1n) is 3.49. The summed E-state index contributed by atoms with van der Waals surface area (Å²) in [5.74, 6) is -0.0411. The van der Waals surface area contributed by atoms with Crippen molar-refractivity contribution in [2.75, 3.05) is 19.7 Å². The van der Waals surface area contributed by atoms with Crippen molar-refractivity contribution in [1.82, 2.24) is 4.90 Å². The van der Waals surface area contributed by atoms with Crippen molar-refractivity contribution in [3.8, 4) is 0 Å². The molecule has 0 heterocycles. The fraction of sp³-hybridized carbons (Fsp3) is 0.857. The van der Waals surface area contributed by atoms with Gasteiger partial charge in [0.15, 0.2) is 0 Å². The average Bonchev–Trinajstić information content (AvgIpc) is 1.98. The summed E-state index contributed by atoms with van der Waals surface area (Å²) in [7, 11) is 1.74. The molecule has 0 aromatic carbocycles. The van der Waals surface area contributed by atoms with Gasteiger partial charge in [-0.25, -0.2) is 0 Å². The molecule has 0 bridgehead atoms. The lowest BCUT2D eigenvalue weighted by Gasteiger charge is -2.20. The molecule has 0 fully saturated rings. The van der Waals surface area contributed by atoms with E-state index < -0.39 is 0 Å². The summed E-state index contributed by atoms with van der Waals surface area (Å²) < 4.78 is 4.74. The predicted molar refractivity (Wildman–Crippen MR) is 44.6 cm³/mol. The second-order valence-electron chi connectivity index (χ2n) is 2.56. The Hall–Kier alpha value is -0.280. The molecule has 0 atom stereocenters. The number of rotatable bonds is 4. The van der Waals surface area contributed by atoms with Gasteiger partial charge in [0.05, 0.1) is 0 Å². The van der Waals surface area contributed by atoms with Gasteiger partial charge in [-0.05, 0) is 13.8 Å². The summed E-state index contributed by atoms with van der Waals surface area (Å²) in [4.78, 5) is 12.7. The van der Waals surface area contributed by atoms with Crippen LogP contribution in [0.3, 0.4) is 0 Å². The molecule has 0 aliphatic heterocycles. The predicted octanol–water partition coefficient (Wildman–Crippen LogP) is 1.07. The molecule has 1 amide bonds. The molecular formula is C7H14ClNO2. The van der Waals surface area contributed by atoms with Gasteiger partial charge in [-0.15, -0.1) is 0 Å². The third kappa shape index (κ3) is 4.22. The molecule has 0 aromatic heterocycles. The Labute approximate surface area is 72.3 Å². The maximum Gasteiger partial charge on any atom is 0.248 e. The first-order valence-corrected chi connectivity index (χ1v) is 4.02. The van der Waals surface area contributed by atoms with Crippen LogP contribution >= 0.6 is 11.6 Å². The van der Waals surface area contributed by atoms with E-state index in [4.69, 9.17) is 16.3 Å². The maximum atomic E-state index is 11.1. The molecular weight excluding hydrogens is 166 g/mol. The van der Waals surface area contributed by atoms with Crippen molar-refractivity contribution in [2.24, 2.45) is 0 Å². The highest BCUT2D eigenvalue weighted by Crippen LogP contribution is 1.94. The third-order valence-corrected chi connectivity index (χ3v) is 1.62. The minimum atomic E-state index is -0.0411. The van der Waals surface area contributed by atoms with Crippen LogP contribution in [0.4, 0.5) is 0 Å². The van der Waals surface area contributed by atoms with E-state index in [2.05, 4.69) is 0 Å². The summed E-state index contributed by atoms with van der Waals surface area (Å²) in [6.45, 7) is 3.95. The first kappa shape index (κ1) is 10.7. The number of hydrogen-bond acceptors (Lipinski definition) is 2. The lowest BCUT2D eigenvalue weighted by atomic mass is 10.3. The molecule has 3 nitrogen and oxygen atoms in total. The molecule has 0 N–H and O–H groups in total. The van der Waals surface area contributed by atoms with E-state index in [0.717, 1.165) is 0 Å². The van der Waals surface area contributed by atoms with Gasteiger partial charge in [-0.2, -0.15) is 0 Å². The molecule has 0 saturated carbocycles. The van der Waals surface area contributed by atoms with E-state index in [0.29, 0.717) is 0 Å². The van der Waals surface area contributed by atoms with E-state index in [1.54, 1.807) is 11.9 Å². The van der Waals surface area contributed by atoms with Crippen molar-refractivity contribution in [2.45, 2.75) is 19.9 Å². The van der Waals surface area contributed by atoms with E-state index in [1.807, 2.05) is 13.8 Å². The number of nitrogens with zero attached hydrogens (tertiary/aromatic N) is 1. The van der Waals surface area contributed by atoms with Crippen molar-refractivity contribution >= 4 is 17.5 Å². The first-order chi connectivity index (χ1) is 5.09. The van der Waals surface area contributed by atoms with Crippen LogP contribution in [0.15, 0.2) is 0 Å². The van der Waals surface area contributed by atoms with Gasteiger partial charge in [0.1, 0.15) is 12.7 Å². The third-order valence-electron chi connectivity index (χ3n) is 1.47. The maximum absolute atomic E-state index is 11.1. The Morgan fingerprint density at radius 1 is 1.64 bits per heavy atom. The number of amides is 1. The fourth-order valence-corrected chi connectivity index (χ4v) is 0.593. The molecule has 0 saturated heterocycles. The molecule has 0 rings (SSSR count). The van der Waals surface area contributed by atoms with Crippen LogP contribution in [0.2, 0.25) is 0 Å². The van der Waals surface area contributed by atoms with Crippen molar-refractivity contribution in [3.63, 3.8) is 0 Å². The number of carbonyl (C=O) groups is 1. The smallest absolute Gasteiger partial charge is 0.248 e. The summed E-state index contributed by atoms with van der Waals surface area (Å²) in [5.41, 5.74) is 0. The molecule has 0 aliphatic rings. The quantitative estimate of drug-likeness (QED) is 0.605. The van der Waals surface area contributed by atoms with E-state index in [1.165, 1.54) is 0 Å². The van der Waals surface area contributed by atoms with Crippen molar-refractivity contribution < 1.29 is 9.53 Å². The van der Waals surface area contributed by atoms with Crippen LogP contribution < -0.4 is 0 Å². The van der Waals surface area contributed by atoms with Crippen LogP contribution in [0.25, 0.3) is 0 Å². The zero-order valence-electron chi connectivity index (χ0n) is 7.13. The summed E-state index contributed by atoms with van der Waals surface area (Å²) in [5, 5.41) is 0. The molecule has 0 radical (unpaired) electrons. The molecule has 0 spiro atoms. The molecule has 66 valence electrons. The fourth-order valence-electron chi connectivity index (χ4n) is 0.516. The Balaban J connectivity index is 3.64. The normalized spacial score (nSPS) is 10.3. The van der Waals surface area contributed by atoms with Crippen LogP contribution in [-0.4, -0.2) is 36.6 Å². The van der Waals surface area contributed by atoms with Gasteiger partial charge >= 0.3 is 0 Å².